The molecule has 1 rings (SSSR count). The van der Waals surface area contributed by atoms with E-state index in [0.29, 0.717) is 5.92 Å². The molecule has 0 saturated heterocycles. The van der Waals surface area contributed by atoms with Crippen LogP contribution in [0.4, 0.5) is 0 Å². The Morgan fingerprint density at radius 3 is 2.50 bits per heavy atom. The van der Waals surface area contributed by atoms with Gasteiger partial charge in [-0.3, -0.25) is 0 Å². The van der Waals surface area contributed by atoms with Gasteiger partial charge in [-0.15, -0.1) is 0 Å². The zero-order valence-corrected chi connectivity index (χ0v) is 6.96. The summed E-state index contributed by atoms with van der Waals surface area (Å²) in [6.07, 6.45) is 4.91. The molecule has 0 heterocycles. The average molecular weight is 140 g/mol. The van der Waals surface area contributed by atoms with Gasteiger partial charge in [0.2, 0.25) is 0 Å². The molecule has 0 radical (unpaired) electrons. The van der Waals surface area contributed by atoms with Crippen molar-refractivity contribution >= 4 is 0 Å². The summed E-state index contributed by atoms with van der Waals surface area (Å²) in [6, 6.07) is 0. The topological polar surface area (TPSA) is 20.2 Å². The normalized spacial score (nSPS) is 38.0. The third kappa shape index (κ3) is 1.10. The minimum absolute atomic E-state index is 0.0642. The van der Waals surface area contributed by atoms with Crippen molar-refractivity contribution < 1.29 is 5.11 Å². The maximum absolute atomic E-state index is 9.56. The first kappa shape index (κ1) is 7.80. The maximum atomic E-state index is 9.56. The molecule has 0 fully saturated rings. The summed E-state index contributed by atoms with van der Waals surface area (Å²) in [5, 5.41) is 9.56. The van der Waals surface area contributed by atoms with Gasteiger partial charge in [-0.25, -0.2) is 0 Å². The lowest BCUT2D eigenvalue weighted by Crippen LogP contribution is -2.36. The van der Waals surface area contributed by atoms with E-state index in [1.54, 1.807) is 0 Å². The quantitative estimate of drug-likeness (QED) is 0.510. The Morgan fingerprint density at radius 2 is 2.10 bits per heavy atom. The van der Waals surface area contributed by atoms with E-state index in [0.717, 1.165) is 6.42 Å². The van der Waals surface area contributed by atoms with Gasteiger partial charge in [0.05, 0.1) is 6.10 Å². The van der Waals surface area contributed by atoms with Crippen molar-refractivity contribution in [2.24, 2.45) is 11.3 Å². The number of allylic oxidation sites excluding steroid dienone is 1. The molecule has 1 nitrogen and oxygen atoms in total. The largest absolute Gasteiger partial charge is 0.392 e. The van der Waals surface area contributed by atoms with Crippen LogP contribution in [0.2, 0.25) is 0 Å². The van der Waals surface area contributed by atoms with E-state index in [2.05, 4.69) is 32.9 Å². The van der Waals surface area contributed by atoms with Gasteiger partial charge in [0, 0.05) is 0 Å². The number of aliphatic hydroxyl groups excluding tert-OH is 1. The van der Waals surface area contributed by atoms with Gasteiger partial charge in [0.15, 0.2) is 0 Å². The van der Waals surface area contributed by atoms with Crippen LogP contribution in [0.25, 0.3) is 0 Å². The predicted octanol–water partition coefficient (Wildman–Crippen LogP) is 1.97. The highest BCUT2D eigenvalue weighted by Crippen LogP contribution is 2.36. The molecule has 0 aliphatic heterocycles. The van der Waals surface area contributed by atoms with Crippen molar-refractivity contribution in [2.45, 2.75) is 33.3 Å². The van der Waals surface area contributed by atoms with Crippen LogP contribution >= 0.6 is 0 Å². The van der Waals surface area contributed by atoms with Crippen molar-refractivity contribution in [3.05, 3.63) is 12.2 Å². The molecule has 0 saturated carbocycles. The summed E-state index contributed by atoms with van der Waals surface area (Å²) in [5.41, 5.74) is 0.0642. The lowest BCUT2D eigenvalue weighted by atomic mass is 9.71. The fourth-order valence-electron chi connectivity index (χ4n) is 1.27. The molecular formula is C9H16O. The Bertz CT molecular complexity index is 147. The number of aliphatic hydroxyl groups is 1. The smallest absolute Gasteiger partial charge is 0.0631 e. The third-order valence-electron chi connectivity index (χ3n) is 2.82. The van der Waals surface area contributed by atoms with Crippen molar-refractivity contribution in [2.75, 3.05) is 0 Å². The monoisotopic (exact) mass is 140 g/mol. The van der Waals surface area contributed by atoms with E-state index in [1.165, 1.54) is 0 Å². The van der Waals surface area contributed by atoms with Crippen molar-refractivity contribution in [1.29, 1.82) is 0 Å². The predicted molar refractivity (Wildman–Crippen MR) is 42.7 cm³/mol. The van der Waals surface area contributed by atoms with Crippen molar-refractivity contribution in [3.63, 3.8) is 0 Å². The minimum Gasteiger partial charge on any atom is -0.392 e. The van der Waals surface area contributed by atoms with Crippen LogP contribution in [0.15, 0.2) is 12.2 Å². The van der Waals surface area contributed by atoms with Crippen molar-refractivity contribution in [3.8, 4) is 0 Å². The van der Waals surface area contributed by atoms with Gasteiger partial charge in [-0.2, -0.15) is 0 Å². The first-order valence-electron chi connectivity index (χ1n) is 3.90. The Balaban J connectivity index is 2.78. The Labute approximate surface area is 62.8 Å². The summed E-state index contributed by atoms with van der Waals surface area (Å²) in [6.45, 7) is 6.39. The van der Waals surface area contributed by atoms with Crippen LogP contribution in [0.3, 0.4) is 0 Å². The van der Waals surface area contributed by atoms with Crippen LogP contribution in [-0.2, 0) is 0 Å². The molecule has 1 heteroatoms. The molecule has 1 aliphatic carbocycles. The Kier molecular flexibility index (Phi) is 1.86. The lowest BCUT2D eigenvalue weighted by Gasteiger charge is -2.37. The van der Waals surface area contributed by atoms with Gasteiger partial charge in [0.1, 0.15) is 0 Å². The average Bonchev–Trinajstić information content (AvgIpc) is 1.84. The SMILES string of the molecule is CC1C=CCC(O)C1(C)C. The molecular weight excluding hydrogens is 124 g/mol. The third-order valence-corrected chi connectivity index (χ3v) is 2.82. The molecule has 0 aromatic carbocycles. The van der Waals surface area contributed by atoms with Crippen LogP contribution in [0, 0.1) is 11.3 Å². The summed E-state index contributed by atoms with van der Waals surface area (Å²) in [7, 11) is 0. The second-order valence-electron chi connectivity index (χ2n) is 3.79. The maximum Gasteiger partial charge on any atom is 0.0631 e. The van der Waals surface area contributed by atoms with Crippen LogP contribution < -0.4 is 0 Å². The highest BCUT2D eigenvalue weighted by atomic mass is 16.3. The van der Waals surface area contributed by atoms with Crippen LogP contribution in [-0.4, -0.2) is 11.2 Å². The van der Waals surface area contributed by atoms with E-state index in [1.807, 2.05) is 0 Å². The molecule has 2 atom stereocenters. The van der Waals surface area contributed by atoms with E-state index in [9.17, 15) is 5.11 Å². The lowest BCUT2D eigenvalue weighted by molar-refractivity contribution is 0.0208. The highest BCUT2D eigenvalue weighted by molar-refractivity contribution is 5.03. The number of hydrogen-bond donors (Lipinski definition) is 1. The molecule has 0 aromatic heterocycles. The van der Waals surface area contributed by atoms with Gasteiger partial charge in [-0.05, 0) is 17.8 Å². The molecule has 0 spiro atoms. The first-order chi connectivity index (χ1) is 4.55. The molecule has 10 heavy (non-hydrogen) atoms. The fourth-order valence-corrected chi connectivity index (χ4v) is 1.27. The second kappa shape index (κ2) is 2.39. The van der Waals surface area contributed by atoms with Gasteiger partial charge in [0.25, 0.3) is 0 Å². The molecule has 0 aromatic rings. The zero-order valence-electron chi connectivity index (χ0n) is 6.96. The van der Waals surface area contributed by atoms with Gasteiger partial charge in [-0.1, -0.05) is 32.9 Å². The summed E-state index contributed by atoms with van der Waals surface area (Å²) in [5.74, 6) is 0.497. The zero-order chi connectivity index (χ0) is 7.78. The standard InChI is InChI=1S/C9H16O/c1-7-5-4-6-8(10)9(7,2)3/h4-5,7-8,10H,6H2,1-3H3. The Hall–Kier alpha value is -0.300. The molecule has 2 unspecified atom stereocenters. The minimum atomic E-state index is -0.160. The number of hydrogen-bond acceptors (Lipinski definition) is 1. The van der Waals surface area contributed by atoms with Crippen molar-refractivity contribution in [1.82, 2.24) is 0 Å². The van der Waals surface area contributed by atoms with E-state index < -0.39 is 0 Å². The molecule has 1 aliphatic rings. The molecule has 58 valence electrons. The molecule has 0 bridgehead atoms. The second-order valence-corrected chi connectivity index (χ2v) is 3.79. The fraction of sp³-hybridized carbons (Fsp3) is 0.778. The summed E-state index contributed by atoms with van der Waals surface area (Å²) < 4.78 is 0. The number of rotatable bonds is 0. The van der Waals surface area contributed by atoms with Crippen LogP contribution in [0.5, 0.6) is 0 Å². The van der Waals surface area contributed by atoms with Crippen LogP contribution in [0.1, 0.15) is 27.2 Å². The molecule has 0 amide bonds. The first-order valence-corrected chi connectivity index (χ1v) is 3.90. The van der Waals surface area contributed by atoms with Gasteiger partial charge >= 0.3 is 0 Å². The molecule has 1 N–H and O–H groups in total. The highest BCUT2D eigenvalue weighted by Gasteiger charge is 2.33. The van der Waals surface area contributed by atoms with E-state index in [-0.39, 0.29) is 11.5 Å². The Morgan fingerprint density at radius 1 is 1.50 bits per heavy atom. The van der Waals surface area contributed by atoms with E-state index >= 15 is 0 Å². The van der Waals surface area contributed by atoms with Gasteiger partial charge < -0.3 is 5.11 Å². The summed E-state index contributed by atoms with van der Waals surface area (Å²) >= 11 is 0. The summed E-state index contributed by atoms with van der Waals surface area (Å²) in [4.78, 5) is 0. The van der Waals surface area contributed by atoms with E-state index in [4.69, 9.17) is 0 Å².